The monoisotopic (exact) mass is 357 g/mol. The maximum Gasteiger partial charge on any atom is 0.224 e. The Morgan fingerprint density at radius 1 is 1.04 bits per heavy atom. The Morgan fingerprint density at radius 3 is 2.70 bits per heavy atom. The molecule has 0 radical (unpaired) electrons. The molecule has 2 aromatic heterocycles. The molecule has 27 heavy (non-hydrogen) atoms. The summed E-state index contributed by atoms with van der Waals surface area (Å²) in [6.07, 6.45) is 3.98. The van der Waals surface area contributed by atoms with Gasteiger partial charge in [-0.15, -0.1) is 0 Å². The second-order valence-electron chi connectivity index (χ2n) is 6.79. The summed E-state index contributed by atoms with van der Waals surface area (Å²) in [6, 6.07) is 17.6. The van der Waals surface area contributed by atoms with Crippen LogP contribution >= 0.6 is 0 Å². The van der Waals surface area contributed by atoms with E-state index in [0.29, 0.717) is 17.6 Å². The molecule has 0 atom stereocenters. The minimum absolute atomic E-state index is 0.494. The van der Waals surface area contributed by atoms with Crippen LogP contribution in [0.4, 0.5) is 11.5 Å². The number of benzene rings is 2. The predicted octanol–water partition coefficient (Wildman–Crippen LogP) is 4.78. The van der Waals surface area contributed by atoms with Crippen LogP contribution < -0.4 is 10.1 Å². The smallest absolute Gasteiger partial charge is 0.224 e. The molecular weight excluding hydrogens is 338 g/mol. The number of para-hydroxylation sites is 1. The lowest BCUT2D eigenvalue weighted by Gasteiger charge is -2.08. The van der Waals surface area contributed by atoms with Crippen LogP contribution in [0.2, 0.25) is 0 Å². The van der Waals surface area contributed by atoms with Gasteiger partial charge in [0.1, 0.15) is 23.7 Å². The first-order valence-corrected chi connectivity index (χ1v) is 9.04. The Bertz CT molecular complexity index is 1100. The van der Waals surface area contributed by atoms with Gasteiger partial charge in [-0.2, -0.15) is 0 Å². The summed E-state index contributed by atoms with van der Waals surface area (Å²) >= 11 is 0. The maximum absolute atomic E-state index is 5.77. The summed E-state index contributed by atoms with van der Waals surface area (Å²) < 4.78 is 7.97. The van der Waals surface area contributed by atoms with Crippen molar-refractivity contribution in [1.82, 2.24) is 19.5 Å². The number of hydrogen-bond acceptors (Lipinski definition) is 5. The van der Waals surface area contributed by atoms with Gasteiger partial charge in [0.2, 0.25) is 5.88 Å². The second-order valence-corrected chi connectivity index (χ2v) is 6.79. The molecule has 1 fully saturated rings. The third-order valence-electron chi connectivity index (χ3n) is 4.74. The predicted molar refractivity (Wildman–Crippen MR) is 105 cm³/mol. The van der Waals surface area contributed by atoms with Crippen molar-refractivity contribution in [3.63, 3.8) is 0 Å². The lowest BCUT2D eigenvalue weighted by atomic mass is 10.2. The molecule has 0 spiro atoms. The van der Waals surface area contributed by atoms with E-state index >= 15 is 0 Å². The fraction of sp³-hybridized carbons (Fsp3) is 0.190. The number of aromatic nitrogens is 4. The molecule has 0 bridgehead atoms. The summed E-state index contributed by atoms with van der Waals surface area (Å²) in [4.78, 5) is 13.3. The fourth-order valence-corrected chi connectivity index (χ4v) is 3.22. The number of ether oxygens (including phenoxy) is 1. The van der Waals surface area contributed by atoms with Crippen LogP contribution in [0.3, 0.4) is 0 Å². The Kier molecular flexibility index (Phi) is 3.74. The van der Waals surface area contributed by atoms with Crippen molar-refractivity contribution in [2.24, 2.45) is 7.05 Å². The zero-order valence-corrected chi connectivity index (χ0v) is 15.0. The van der Waals surface area contributed by atoms with Gasteiger partial charge in [0.05, 0.1) is 11.0 Å². The zero-order valence-electron chi connectivity index (χ0n) is 15.0. The molecule has 5 rings (SSSR count). The summed E-state index contributed by atoms with van der Waals surface area (Å²) in [5, 5.41) is 3.32. The van der Waals surface area contributed by atoms with Gasteiger partial charge in [-0.1, -0.05) is 18.2 Å². The number of aryl methyl sites for hydroxylation is 1. The first-order chi connectivity index (χ1) is 13.3. The molecule has 0 aliphatic heterocycles. The summed E-state index contributed by atoms with van der Waals surface area (Å²) in [6.45, 7) is 0. The maximum atomic E-state index is 5.77. The topological polar surface area (TPSA) is 64.9 Å². The number of fused-ring (bicyclic) bond motifs is 1. The molecule has 1 aliphatic carbocycles. The normalized spacial score (nSPS) is 13.7. The summed E-state index contributed by atoms with van der Waals surface area (Å²) in [5.74, 6) is 3.72. The first kappa shape index (κ1) is 15.8. The van der Waals surface area contributed by atoms with Crippen molar-refractivity contribution in [3.05, 3.63) is 66.7 Å². The molecule has 6 nitrogen and oxygen atoms in total. The van der Waals surface area contributed by atoms with Gasteiger partial charge in [0.25, 0.3) is 0 Å². The van der Waals surface area contributed by atoms with E-state index in [1.165, 1.54) is 25.0 Å². The van der Waals surface area contributed by atoms with E-state index in [9.17, 15) is 0 Å². The molecule has 0 amide bonds. The van der Waals surface area contributed by atoms with Crippen LogP contribution in [-0.2, 0) is 7.05 Å². The molecular formula is C21H19N5O. The van der Waals surface area contributed by atoms with Gasteiger partial charge in [-0.3, -0.25) is 0 Å². The van der Waals surface area contributed by atoms with Gasteiger partial charge in [-0.05, 0) is 43.2 Å². The summed E-state index contributed by atoms with van der Waals surface area (Å²) in [5.41, 5.74) is 3.09. The van der Waals surface area contributed by atoms with E-state index in [2.05, 4.69) is 39.0 Å². The zero-order chi connectivity index (χ0) is 18.2. The SMILES string of the molecule is Cn1c(C2CC2)nc2cc(Nc3cc(Oc4ccccc4)ncn3)ccc21. The van der Waals surface area contributed by atoms with Crippen LogP contribution in [-0.4, -0.2) is 19.5 Å². The van der Waals surface area contributed by atoms with E-state index in [4.69, 9.17) is 9.72 Å². The van der Waals surface area contributed by atoms with Gasteiger partial charge in [0, 0.05) is 24.7 Å². The number of nitrogens with one attached hydrogen (secondary N) is 1. The molecule has 4 aromatic rings. The van der Waals surface area contributed by atoms with Gasteiger partial charge >= 0.3 is 0 Å². The molecule has 6 heteroatoms. The first-order valence-electron chi connectivity index (χ1n) is 9.04. The molecule has 0 unspecified atom stereocenters. The van der Waals surface area contributed by atoms with Gasteiger partial charge < -0.3 is 14.6 Å². The molecule has 1 N–H and O–H groups in total. The average Bonchev–Trinajstić information content (AvgIpc) is 3.47. The van der Waals surface area contributed by atoms with Crippen LogP contribution in [0.15, 0.2) is 60.9 Å². The third-order valence-corrected chi connectivity index (χ3v) is 4.74. The van der Waals surface area contributed by atoms with E-state index in [-0.39, 0.29) is 0 Å². The molecule has 0 saturated heterocycles. The largest absolute Gasteiger partial charge is 0.439 e. The lowest BCUT2D eigenvalue weighted by molar-refractivity contribution is 0.462. The highest BCUT2D eigenvalue weighted by atomic mass is 16.5. The van der Waals surface area contributed by atoms with Crippen molar-refractivity contribution in [2.75, 3.05) is 5.32 Å². The molecule has 134 valence electrons. The Hall–Kier alpha value is -3.41. The Balaban J connectivity index is 1.39. The van der Waals surface area contributed by atoms with Crippen LogP contribution in [0.5, 0.6) is 11.6 Å². The van der Waals surface area contributed by atoms with Crippen molar-refractivity contribution in [2.45, 2.75) is 18.8 Å². The van der Waals surface area contributed by atoms with Crippen molar-refractivity contribution in [3.8, 4) is 11.6 Å². The highest BCUT2D eigenvalue weighted by Crippen LogP contribution is 2.40. The van der Waals surface area contributed by atoms with E-state index in [0.717, 1.165) is 22.5 Å². The van der Waals surface area contributed by atoms with Gasteiger partial charge in [0.15, 0.2) is 0 Å². The Morgan fingerprint density at radius 2 is 1.89 bits per heavy atom. The molecule has 2 aromatic carbocycles. The number of nitrogens with zero attached hydrogens (tertiary/aromatic N) is 4. The van der Waals surface area contributed by atoms with Gasteiger partial charge in [-0.25, -0.2) is 15.0 Å². The minimum Gasteiger partial charge on any atom is -0.439 e. The summed E-state index contributed by atoms with van der Waals surface area (Å²) in [7, 11) is 2.09. The second kappa shape index (κ2) is 6.39. The number of imidazole rings is 1. The lowest BCUT2D eigenvalue weighted by Crippen LogP contribution is -1.96. The highest BCUT2D eigenvalue weighted by Gasteiger charge is 2.28. The van der Waals surface area contributed by atoms with Crippen LogP contribution in [0, 0.1) is 0 Å². The fourth-order valence-electron chi connectivity index (χ4n) is 3.22. The molecule has 2 heterocycles. The molecule has 1 saturated carbocycles. The van der Waals surface area contributed by atoms with Crippen LogP contribution in [0.1, 0.15) is 24.6 Å². The number of anilines is 2. The quantitative estimate of drug-likeness (QED) is 0.557. The van der Waals surface area contributed by atoms with Crippen molar-refractivity contribution >= 4 is 22.5 Å². The van der Waals surface area contributed by atoms with E-state index in [1.807, 2.05) is 36.4 Å². The van der Waals surface area contributed by atoms with Crippen molar-refractivity contribution in [1.29, 1.82) is 0 Å². The van der Waals surface area contributed by atoms with E-state index in [1.54, 1.807) is 6.07 Å². The number of hydrogen-bond donors (Lipinski definition) is 1. The number of rotatable bonds is 5. The standard InChI is InChI=1S/C21H19N5O/c1-26-18-10-9-15(11-17(18)25-21(26)14-7-8-14)24-19-12-20(23-13-22-19)27-16-5-3-2-4-6-16/h2-6,9-14H,7-8H2,1H3,(H,22,23,24). The Labute approximate surface area is 156 Å². The molecule has 1 aliphatic rings. The highest BCUT2D eigenvalue weighted by molar-refractivity contribution is 5.81. The van der Waals surface area contributed by atoms with Crippen LogP contribution in [0.25, 0.3) is 11.0 Å². The van der Waals surface area contributed by atoms with E-state index < -0.39 is 0 Å². The van der Waals surface area contributed by atoms with Crippen molar-refractivity contribution < 1.29 is 4.74 Å². The average molecular weight is 357 g/mol. The minimum atomic E-state index is 0.494. The third kappa shape index (κ3) is 3.21.